The quantitative estimate of drug-likeness (QED) is 0.786. The number of sulfonamides is 1. The lowest BCUT2D eigenvalue weighted by molar-refractivity contribution is 0.0717. The maximum atomic E-state index is 12.9. The van der Waals surface area contributed by atoms with Gasteiger partial charge in [0.05, 0.1) is 5.25 Å². The average molecular weight is 381 g/mol. The Kier molecular flexibility index (Phi) is 5.53. The summed E-state index contributed by atoms with van der Waals surface area (Å²) in [7, 11) is -1.72. The summed E-state index contributed by atoms with van der Waals surface area (Å²) >= 11 is 0. The van der Waals surface area contributed by atoms with Crippen LogP contribution in [-0.2, 0) is 17.1 Å². The van der Waals surface area contributed by atoms with Gasteiger partial charge in [-0.2, -0.15) is 0 Å². The van der Waals surface area contributed by atoms with Crippen molar-refractivity contribution in [1.29, 1.82) is 0 Å². The van der Waals surface area contributed by atoms with Gasteiger partial charge in [-0.1, -0.05) is 12.8 Å². The third kappa shape index (κ3) is 4.01. The zero-order chi connectivity index (χ0) is 18.9. The van der Waals surface area contributed by atoms with Crippen molar-refractivity contribution in [2.24, 2.45) is 7.05 Å². The SMILES string of the molecule is CC(=O)c1cc(C(=O)N2CCCC(S(=O)(=O)NC3CCCC3)C2)n(C)c1. The van der Waals surface area contributed by atoms with Crippen LogP contribution in [0.25, 0.3) is 0 Å². The topological polar surface area (TPSA) is 88.5 Å². The summed E-state index contributed by atoms with van der Waals surface area (Å²) in [6.45, 7) is 2.19. The minimum atomic E-state index is -3.44. The Labute approximate surface area is 154 Å². The van der Waals surface area contributed by atoms with Crippen molar-refractivity contribution in [3.05, 3.63) is 23.5 Å². The highest BCUT2D eigenvalue weighted by molar-refractivity contribution is 7.90. The van der Waals surface area contributed by atoms with E-state index in [1.807, 2.05) is 0 Å². The number of likely N-dealkylation sites (tertiary alicyclic amines) is 1. The molecular formula is C18H27N3O4S. The van der Waals surface area contributed by atoms with E-state index in [-0.39, 0.29) is 24.3 Å². The summed E-state index contributed by atoms with van der Waals surface area (Å²) < 4.78 is 29.9. The second kappa shape index (κ2) is 7.52. The first-order chi connectivity index (χ1) is 12.3. The van der Waals surface area contributed by atoms with Crippen LogP contribution in [0.2, 0.25) is 0 Å². The Morgan fingerprint density at radius 1 is 1.15 bits per heavy atom. The summed E-state index contributed by atoms with van der Waals surface area (Å²) in [5.41, 5.74) is 0.900. The van der Waals surface area contributed by atoms with E-state index in [2.05, 4.69) is 4.72 Å². The normalized spacial score (nSPS) is 21.9. The van der Waals surface area contributed by atoms with Crippen LogP contribution in [0.3, 0.4) is 0 Å². The van der Waals surface area contributed by atoms with Crippen molar-refractivity contribution < 1.29 is 18.0 Å². The van der Waals surface area contributed by atoms with Crippen LogP contribution in [0.4, 0.5) is 0 Å². The van der Waals surface area contributed by atoms with Crippen LogP contribution in [0.1, 0.15) is 66.3 Å². The van der Waals surface area contributed by atoms with Crippen molar-refractivity contribution in [1.82, 2.24) is 14.2 Å². The predicted molar refractivity (Wildman–Crippen MR) is 98.7 cm³/mol. The molecule has 26 heavy (non-hydrogen) atoms. The molecule has 1 aliphatic heterocycles. The predicted octanol–water partition coefficient (Wildman–Crippen LogP) is 1.69. The maximum absolute atomic E-state index is 12.9. The zero-order valence-corrected chi connectivity index (χ0v) is 16.2. The van der Waals surface area contributed by atoms with Crippen LogP contribution in [0.15, 0.2) is 12.3 Å². The van der Waals surface area contributed by atoms with E-state index in [1.54, 1.807) is 28.8 Å². The van der Waals surface area contributed by atoms with Crippen LogP contribution in [-0.4, -0.2) is 54.0 Å². The molecule has 144 valence electrons. The van der Waals surface area contributed by atoms with E-state index < -0.39 is 15.3 Å². The Morgan fingerprint density at radius 2 is 1.85 bits per heavy atom. The molecule has 0 spiro atoms. The second-order valence-corrected chi connectivity index (χ2v) is 9.43. The number of aryl methyl sites for hydroxylation is 1. The second-order valence-electron chi connectivity index (χ2n) is 7.44. The molecule has 3 rings (SSSR count). The van der Waals surface area contributed by atoms with Gasteiger partial charge >= 0.3 is 0 Å². The standard InChI is InChI=1S/C18H27N3O4S/c1-13(22)14-10-17(20(2)11-14)18(23)21-9-5-8-16(12-21)26(24,25)19-15-6-3-4-7-15/h10-11,15-16,19H,3-9,12H2,1-2H3. The minimum absolute atomic E-state index is 0.0390. The number of rotatable bonds is 5. The Balaban J connectivity index is 1.71. The highest BCUT2D eigenvalue weighted by atomic mass is 32.2. The van der Waals surface area contributed by atoms with Crippen LogP contribution < -0.4 is 4.72 Å². The van der Waals surface area contributed by atoms with E-state index in [9.17, 15) is 18.0 Å². The van der Waals surface area contributed by atoms with Gasteiger partial charge in [0.15, 0.2) is 5.78 Å². The molecule has 1 atom stereocenters. The molecule has 8 heteroatoms. The molecule has 1 saturated heterocycles. The third-order valence-electron chi connectivity index (χ3n) is 5.42. The number of piperidine rings is 1. The molecule has 0 radical (unpaired) electrons. The molecule has 1 unspecified atom stereocenters. The number of Topliss-reactive ketones (excluding diaryl/α,β-unsaturated/α-hetero) is 1. The van der Waals surface area contributed by atoms with Crippen LogP contribution in [0, 0.1) is 0 Å². The van der Waals surface area contributed by atoms with E-state index in [1.165, 1.54) is 6.92 Å². The first kappa shape index (κ1) is 19.1. The van der Waals surface area contributed by atoms with Crippen molar-refractivity contribution in [2.75, 3.05) is 13.1 Å². The van der Waals surface area contributed by atoms with Gasteiger partial charge in [0.25, 0.3) is 5.91 Å². The summed E-state index contributed by atoms with van der Waals surface area (Å²) in [5.74, 6) is -0.319. The highest BCUT2D eigenvalue weighted by Crippen LogP contribution is 2.23. The maximum Gasteiger partial charge on any atom is 0.270 e. The number of hydrogen-bond acceptors (Lipinski definition) is 4. The molecule has 2 fully saturated rings. The first-order valence-corrected chi connectivity index (χ1v) is 10.8. The van der Waals surface area contributed by atoms with Gasteiger partial charge in [0, 0.05) is 37.9 Å². The fourth-order valence-corrected chi connectivity index (χ4v) is 5.63. The number of aromatic nitrogens is 1. The highest BCUT2D eigenvalue weighted by Gasteiger charge is 2.35. The number of nitrogens with one attached hydrogen (secondary N) is 1. The molecule has 0 bridgehead atoms. The molecule has 7 nitrogen and oxygen atoms in total. The Morgan fingerprint density at radius 3 is 2.46 bits per heavy atom. The summed E-state index contributed by atoms with van der Waals surface area (Å²) in [5, 5.41) is -0.576. The lowest BCUT2D eigenvalue weighted by atomic mass is 10.1. The largest absolute Gasteiger partial charge is 0.346 e. The number of carbonyl (C=O) groups is 2. The molecule has 1 saturated carbocycles. The van der Waals surface area contributed by atoms with Gasteiger partial charge in [-0.25, -0.2) is 13.1 Å². The number of amides is 1. The molecular weight excluding hydrogens is 354 g/mol. The van der Waals surface area contributed by atoms with Gasteiger partial charge in [0.1, 0.15) is 5.69 Å². The third-order valence-corrected chi connectivity index (χ3v) is 7.35. The minimum Gasteiger partial charge on any atom is -0.346 e. The van der Waals surface area contributed by atoms with Gasteiger partial charge < -0.3 is 9.47 Å². The Bertz CT molecular complexity index is 793. The molecule has 1 N–H and O–H groups in total. The molecule has 1 amide bonds. The van der Waals surface area contributed by atoms with Crippen LogP contribution >= 0.6 is 0 Å². The number of ketones is 1. The summed E-state index contributed by atoms with van der Waals surface area (Å²) in [6.07, 6.45) is 6.78. The van der Waals surface area contributed by atoms with E-state index in [0.717, 1.165) is 25.7 Å². The van der Waals surface area contributed by atoms with E-state index >= 15 is 0 Å². The number of nitrogens with zero attached hydrogens (tertiary/aromatic N) is 2. The lowest BCUT2D eigenvalue weighted by Crippen LogP contribution is -2.50. The van der Waals surface area contributed by atoms with Crippen molar-refractivity contribution in [3.63, 3.8) is 0 Å². The zero-order valence-electron chi connectivity index (χ0n) is 15.4. The van der Waals surface area contributed by atoms with Gasteiger partial charge in [-0.3, -0.25) is 9.59 Å². The van der Waals surface area contributed by atoms with E-state index in [0.29, 0.717) is 30.6 Å². The number of carbonyl (C=O) groups excluding carboxylic acids is 2. The first-order valence-electron chi connectivity index (χ1n) is 9.25. The van der Waals surface area contributed by atoms with E-state index in [4.69, 9.17) is 0 Å². The molecule has 0 aromatic carbocycles. The molecule has 1 aromatic rings. The Hall–Kier alpha value is -1.67. The molecule has 1 aromatic heterocycles. The fraction of sp³-hybridized carbons (Fsp3) is 0.667. The molecule has 2 heterocycles. The van der Waals surface area contributed by atoms with Gasteiger partial charge in [-0.05, 0) is 38.7 Å². The average Bonchev–Trinajstić information content (AvgIpc) is 3.23. The van der Waals surface area contributed by atoms with Crippen molar-refractivity contribution in [3.8, 4) is 0 Å². The smallest absolute Gasteiger partial charge is 0.270 e. The summed E-state index contributed by atoms with van der Waals surface area (Å²) in [4.78, 5) is 26.0. The van der Waals surface area contributed by atoms with Gasteiger partial charge in [0.2, 0.25) is 10.0 Å². The van der Waals surface area contributed by atoms with Crippen molar-refractivity contribution in [2.45, 2.75) is 56.7 Å². The monoisotopic (exact) mass is 381 g/mol. The number of hydrogen-bond donors (Lipinski definition) is 1. The fourth-order valence-electron chi connectivity index (χ4n) is 3.88. The van der Waals surface area contributed by atoms with Gasteiger partial charge in [-0.15, -0.1) is 0 Å². The molecule has 1 aliphatic carbocycles. The van der Waals surface area contributed by atoms with Crippen molar-refractivity contribution >= 4 is 21.7 Å². The summed E-state index contributed by atoms with van der Waals surface area (Å²) in [6, 6.07) is 1.62. The lowest BCUT2D eigenvalue weighted by Gasteiger charge is -2.33. The van der Waals surface area contributed by atoms with Crippen LogP contribution in [0.5, 0.6) is 0 Å². The molecule has 2 aliphatic rings.